The van der Waals surface area contributed by atoms with E-state index in [1.165, 1.54) is 5.56 Å². The predicted octanol–water partition coefficient (Wildman–Crippen LogP) is 3.84. The zero-order valence-corrected chi connectivity index (χ0v) is 15.6. The Morgan fingerprint density at radius 1 is 1.15 bits per heavy atom. The average Bonchev–Trinajstić information content (AvgIpc) is 3.20. The number of nitrogens with zero attached hydrogens (tertiary/aromatic N) is 1. The number of aliphatic carboxylic acids is 1. The van der Waals surface area contributed by atoms with Crippen LogP contribution in [0, 0.1) is 13.8 Å². The van der Waals surface area contributed by atoms with E-state index < -0.39 is 11.5 Å². The molecular weight excluding hydrogens is 328 g/mol. The fourth-order valence-corrected chi connectivity index (χ4v) is 4.14. The molecule has 26 heavy (non-hydrogen) atoms. The Kier molecular flexibility index (Phi) is 4.90. The van der Waals surface area contributed by atoms with Gasteiger partial charge in [0.05, 0.1) is 11.6 Å². The number of aromatic nitrogens is 1. The Balaban J connectivity index is 1.90. The zero-order valence-electron chi connectivity index (χ0n) is 15.6. The summed E-state index contributed by atoms with van der Waals surface area (Å²) < 4.78 is 2.13. The number of aryl methyl sites for hydroxylation is 1. The topological polar surface area (TPSA) is 71.3 Å². The van der Waals surface area contributed by atoms with E-state index in [2.05, 4.69) is 28.9 Å². The second-order valence-corrected chi connectivity index (χ2v) is 7.29. The Labute approximate surface area is 154 Å². The molecule has 0 aliphatic heterocycles. The lowest BCUT2D eigenvalue weighted by molar-refractivity contribution is -0.144. The summed E-state index contributed by atoms with van der Waals surface area (Å²) in [5.74, 6) is -1.23. The van der Waals surface area contributed by atoms with Gasteiger partial charge in [0.25, 0.3) is 5.91 Å². The van der Waals surface area contributed by atoms with Crippen molar-refractivity contribution in [1.82, 2.24) is 9.88 Å². The number of hydrogen-bond donors (Lipinski definition) is 2. The largest absolute Gasteiger partial charge is 0.480 e. The van der Waals surface area contributed by atoms with Gasteiger partial charge >= 0.3 is 5.97 Å². The number of carbonyl (C=O) groups is 2. The third-order valence-electron chi connectivity index (χ3n) is 5.62. The Morgan fingerprint density at radius 3 is 2.35 bits per heavy atom. The van der Waals surface area contributed by atoms with E-state index in [1.54, 1.807) is 0 Å². The van der Waals surface area contributed by atoms with E-state index in [-0.39, 0.29) is 11.9 Å². The molecule has 1 unspecified atom stereocenters. The van der Waals surface area contributed by atoms with Gasteiger partial charge in [0.1, 0.15) is 5.54 Å². The number of amides is 1. The van der Waals surface area contributed by atoms with Gasteiger partial charge in [-0.1, -0.05) is 43.2 Å². The highest BCUT2D eigenvalue weighted by molar-refractivity contribution is 5.99. The van der Waals surface area contributed by atoms with E-state index in [0.717, 1.165) is 24.2 Å². The van der Waals surface area contributed by atoms with Gasteiger partial charge in [0.2, 0.25) is 0 Å². The van der Waals surface area contributed by atoms with Crippen LogP contribution >= 0.6 is 0 Å². The van der Waals surface area contributed by atoms with E-state index >= 15 is 0 Å². The predicted molar refractivity (Wildman–Crippen MR) is 100 cm³/mol. The highest BCUT2D eigenvalue weighted by atomic mass is 16.4. The van der Waals surface area contributed by atoms with Crippen LogP contribution in [0.1, 0.15) is 66.0 Å². The molecule has 1 fully saturated rings. The van der Waals surface area contributed by atoms with Gasteiger partial charge in [0.15, 0.2) is 0 Å². The van der Waals surface area contributed by atoms with Crippen molar-refractivity contribution in [3.63, 3.8) is 0 Å². The van der Waals surface area contributed by atoms with E-state index in [9.17, 15) is 14.7 Å². The first kappa shape index (κ1) is 18.2. The fourth-order valence-electron chi connectivity index (χ4n) is 4.14. The summed E-state index contributed by atoms with van der Waals surface area (Å²) >= 11 is 0. The standard InChI is InChI=1S/C21H26N2O3/c1-14-13-18(19(24)22-21(20(25)26)11-7-8-12-21)16(3)23(14)15(2)17-9-5-4-6-10-17/h4-6,9-10,13,15H,7-8,11-12H2,1-3H3,(H,22,24)(H,25,26). The van der Waals surface area contributed by atoms with Gasteiger partial charge in [-0.15, -0.1) is 0 Å². The summed E-state index contributed by atoms with van der Waals surface area (Å²) in [4.78, 5) is 24.6. The second kappa shape index (κ2) is 6.98. The summed E-state index contributed by atoms with van der Waals surface area (Å²) in [6.07, 6.45) is 2.65. The van der Waals surface area contributed by atoms with Crippen molar-refractivity contribution in [3.05, 3.63) is 58.9 Å². The summed E-state index contributed by atoms with van der Waals surface area (Å²) in [7, 11) is 0. The Morgan fingerprint density at radius 2 is 1.77 bits per heavy atom. The molecular formula is C21H26N2O3. The lowest BCUT2D eigenvalue weighted by atomic mass is 9.97. The quantitative estimate of drug-likeness (QED) is 0.857. The molecule has 0 spiro atoms. The fraction of sp³-hybridized carbons (Fsp3) is 0.429. The zero-order chi connectivity index (χ0) is 18.9. The van der Waals surface area contributed by atoms with Crippen LogP contribution in [0.4, 0.5) is 0 Å². The molecule has 1 aliphatic carbocycles. The summed E-state index contributed by atoms with van der Waals surface area (Å²) in [5.41, 5.74) is 2.44. The summed E-state index contributed by atoms with van der Waals surface area (Å²) in [6.45, 7) is 6.00. The number of carbonyl (C=O) groups excluding carboxylic acids is 1. The molecule has 0 saturated heterocycles. The van der Waals surface area contributed by atoms with Crippen molar-refractivity contribution in [3.8, 4) is 0 Å². The number of carboxylic acids is 1. The van der Waals surface area contributed by atoms with Gasteiger partial charge in [-0.25, -0.2) is 4.79 Å². The van der Waals surface area contributed by atoms with Crippen LogP contribution in [0.3, 0.4) is 0 Å². The molecule has 5 heteroatoms. The Bertz CT molecular complexity index is 817. The van der Waals surface area contributed by atoms with Crippen molar-refractivity contribution in [2.24, 2.45) is 0 Å². The molecule has 1 amide bonds. The number of hydrogen-bond acceptors (Lipinski definition) is 2. The summed E-state index contributed by atoms with van der Waals surface area (Å²) in [6, 6.07) is 12.1. The van der Waals surface area contributed by atoms with Gasteiger partial charge in [-0.2, -0.15) is 0 Å². The molecule has 1 heterocycles. The maximum absolute atomic E-state index is 12.9. The molecule has 1 saturated carbocycles. The minimum Gasteiger partial charge on any atom is -0.480 e. The van der Waals surface area contributed by atoms with Crippen LogP contribution in [0.15, 0.2) is 36.4 Å². The SMILES string of the molecule is Cc1cc(C(=O)NC2(C(=O)O)CCCC2)c(C)n1C(C)c1ccccc1. The highest BCUT2D eigenvalue weighted by Gasteiger charge is 2.43. The first-order chi connectivity index (χ1) is 12.4. The molecule has 5 nitrogen and oxygen atoms in total. The van der Waals surface area contributed by atoms with Crippen molar-refractivity contribution in [2.75, 3.05) is 0 Å². The minimum absolute atomic E-state index is 0.0951. The monoisotopic (exact) mass is 354 g/mol. The smallest absolute Gasteiger partial charge is 0.329 e. The van der Waals surface area contributed by atoms with Crippen LogP contribution in [-0.2, 0) is 4.79 Å². The van der Waals surface area contributed by atoms with Gasteiger partial charge < -0.3 is 15.0 Å². The second-order valence-electron chi connectivity index (χ2n) is 7.29. The molecule has 2 N–H and O–H groups in total. The third kappa shape index (κ3) is 3.14. The molecule has 1 atom stereocenters. The normalized spacial score (nSPS) is 17.0. The van der Waals surface area contributed by atoms with Gasteiger partial charge in [0, 0.05) is 11.4 Å². The van der Waals surface area contributed by atoms with Crippen molar-refractivity contribution >= 4 is 11.9 Å². The van der Waals surface area contributed by atoms with E-state index in [1.807, 2.05) is 38.1 Å². The molecule has 1 aromatic heterocycles. The van der Waals surface area contributed by atoms with E-state index in [0.29, 0.717) is 18.4 Å². The maximum Gasteiger partial charge on any atom is 0.329 e. The van der Waals surface area contributed by atoms with Crippen molar-refractivity contribution in [1.29, 1.82) is 0 Å². The Hall–Kier alpha value is -2.56. The number of nitrogens with one attached hydrogen (secondary N) is 1. The van der Waals surface area contributed by atoms with Crippen LogP contribution < -0.4 is 5.32 Å². The molecule has 2 aromatic rings. The van der Waals surface area contributed by atoms with Crippen molar-refractivity contribution < 1.29 is 14.7 Å². The lowest BCUT2D eigenvalue weighted by Crippen LogP contribution is -2.52. The van der Waals surface area contributed by atoms with Crippen LogP contribution in [0.2, 0.25) is 0 Å². The van der Waals surface area contributed by atoms with Gasteiger partial charge in [-0.05, 0) is 45.2 Å². The highest BCUT2D eigenvalue weighted by Crippen LogP contribution is 2.31. The average molecular weight is 354 g/mol. The van der Waals surface area contributed by atoms with Crippen LogP contribution in [0.5, 0.6) is 0 Å². The van der Waals surface area contributed by atoms with Gasteiger partial charge in [-0.3, -0.25) is 4.79 Å². The minimum atomic E-state index is -1.12. The number of rotatable bonds is 5. The molecule has 0 bridgehead atoms. The molecule has 138 valence electrons. The first-order valence-electron chi connectivity index (χ1n) is 9.15. The maximum atomic E-state index is 12.9. The molecule has 3 rings (SSSR count). The number of carboxylic acid groups (broad SMARTS) is 1. The first-order valence-corrected chi connectivity index (χ1v) is 9.15. The third-order valence-corrected chi connectivity index (χ3v) is 5.62. The molecule has 0 radical (unpaired) electrons. The summed E-state index contributed by atoms with van der Waals surface area (Å²) in [5, 5.41) is 12.4. The molecule has 1 aromatic carbocycles. The number of benzene rings is 1. The lowest BCUT2D eigenvalue weighted by Gasteiger charge is -2.25. The van der Waals surface area contributed by atoms with Crippen LogP contribution in [-0.4, -0.2) is 27.1 Å². The molecule has 1 aliphatic rings. The van der Waals surface area contributed by atoms with Crippen molar-refractivity contribution in [2.45, 2.75) is 58.0 Å². The van der Waals surface area contributed by atoms with E-state index in [4.69, 9.17) is 0 Å². The van der Waals surface area contributed by atoms with Crippen LogP contribution in [0.25, 0.3) is 0 Å².